The SMILES string of the molecule is C=C/C=C/c1cc(C)c2c(c1)C=C2C. The second-order valence-corrected chi connectivity index (χ2v) is 3.72. The third kappa shape index (κ3) is 1.33. The highest BCUT2D eigenvalue weighted by Crippen LogP contribution is 2.35. The summed E-state index contributed by atoms with van der Waals surface area (Å²) >= 11 is 0. The lowest BCUT2D eigenvalue weighted by Gasteiger charge is -2.20. The number of hydrogen-bond acceptors (Lipinski definition) is 0. The normalized spacial score (nSPS) is 13.4. The second-order valence-electron chi connectivity index (χ2n) is 3.72. The summed E-state index contributed by atoms with van der Waals surface area (Å²) in [5.41, 5.74) is 6.82. The molecule has 0 N–H and O–H groups in total. The summed E-state index contributed by atoms with van der Waals surface area (Å²) in [5.74, 6) is 0. The van der Waals surface area contributed by atoms with Crippen LogP contribution in [0.15, 0.2) is 30.9 Å². The molecule has 0 aliphatic heterocycles. The zero-order chi connectivity index (χ0) is 10.1. The summed E-state index contributed by atoms with van der Waals surface area (Å²) in [6.45, 7) is 7.99. The maximum absolute atomic E-state index is 3.67. The van der Waals surface area contributed by atoms with Gasteiger partial charge < -0.3 is 0 Å². The molecule has 14 heavy (non-hydrogen) atoms. The van der Waals surface area contributed by atoms with Gasteiger partial charge in [0.05, 0.1) is 0 Å². The zero-order valence-electron chi connectivity index (χ0n) is 8.67. The molecule has 1 aliphatic carbocycles. The molecular formula is C14H14. The standard InChI is InChI=1S/C14H14/c1-4-5-6-12-7-10(2)14-11(3)8-13(14)9-12/h4-9H,1H2,2-3H3/b6-5+. The van der Waals surface area contributed by atoms with Crippen molar-refractivity contribution in [2.24, 2.45) is 0 Å². The van der Waals surface area contributed by atoms with Crippen molar-refractivity contribution < 1.29 is 0 Å². The lowest BCUT2D eigenvalue weighted by Crippen LogP contribution is -1.99. The van der Waals surface area contributed by atoms with Crippen molar-refractivity contribution in [1.29, 1.82) is 0 Å². The number of rotatable bonds is 2. The first-order valence-electron chi connectivity index (χ1n) is 4.85. The van der Waals surface area contributed by atoms with Crippen molar-refractivity contribution in [2.45, 2.75) is 13.8 Å². The van der Waals surface area contributed by atoms with Crippen molar-refractivity contribution in [3.63, 3.8) is 0 Å². The summed E-state index contributed by atoms with van der Waals surface area (Å²) in [6.07, 6.45) is 8.08. The predicted octanol–water partition coefficient (Wildman–Crippen LogP) is 4.07. The zero-order valence-corrected chi connectivity index (χ0v) is 8.67. The van der Waals surface area contributed by atoms with Crippen LogP contribution in [0.2, 0.25) is 0 Å². The summed E-state index contributed by atoms with van der Waals surface area (Å²) in [7, 11) is 0. The molecule has 70 valence electrons. The Balaban J connectivity index is 2.43. The number of hydrogen-bond donors (Lipinski definition) is 0. The van der Waals surface area contributed by atoms with Crippen LogP contribution in [0.1, 0.15) is 29.2 Å². The van der Waals surface area contributed by atoms with Gasteiger partial charge in [0.1, 0.15) is 0 Å². The third-order valence-corrected chi connectivity index (χ3v) is 2.58. The van der Waals surface area contributed by atoms with Gasteiger partial charge in [-0.2, -0.15) is 0 Å². The Morgan fingerprint density at radius 2 is 2.00 bits per heavy atom. The van der Waals surface area contributed by atoms with E-state index < -0.39 is 0 Å². The molecule has 0 saturated heterocycles. The van der Waals surface area contributed by atoms with Crippen LogP contribution in [0, 0.1) is 6.92 Å². The molecule has 0 bridgehead atoms. The number of benzene rings is 1. The number of allylic oxidation sites excluding steroid dienone is 3. The van der Waals surface area contributed by atoms with Crippen LogP contribution in [-0.4, -0.2) is 0 Å². The summed E-state index contributed by atoms with van der Waals surface area (Å²) < 4.78 is 0. The van der Waals surface area contributed by atoms with E-state index in [1.807, 2.05) is 6.08 Å². The van der Waals surface area contributed by atoms with Crippen molar-refractivity contribution in [3.05, 3.63) is 53.1 Å². The Morgan fingerprint density at radius 3 is 2.57 bits per heavy atom. The van der Waals surface area contributed by atoms with Gasteiger partial charge in [-0.05, 0) is 47.7 Å². The van der Waals surface area contributed by atoms with Gasteiger partial charge in [0.15, 0.2) is 0 Å². The molecule has 0 heterocycles. The molecule has 1 aliphatic rings. The highest BCUT2D eigenvalue weighted by molar-refractivity contribution is 5.96. The maximum Gasteiger partial charge on any atom is -0.0125 e. The molecule has 0 heteroatoms. The maximum atomic E-state index is 3.67. The van der Waals surface area contributed by atoms with Gasteiger partial charge in [-0.15, -0.1) is 0 Å². The molecule has 1 aromatic rings. The van der Waals surface area contributed by atoms with Crippen LogP contribution >= 0.6 is 0 Å². The molecule has 0 amide bonds. The highest BCUT2D eigenvalue weighted by Gasteiger charge is 2.14. The smallest absolute Gasteiger partial charge is 0.0125 e. The van der Waals surface area contributed by atoms with Crippen LogP contribution in [0.4, 0.5) is 0 Å². The highest BCUT2D eigenvalue weighted by atomic mass is 14.2. The summed E-state index contributed by atoms with van der Waals surface area (Å²) in [4.78, 5) is 0. The first-order chi connectivity index (χ1) is 6.72. The Morgan fingerprint density at radius 1 is 1.21 bits per heavy atom. The van der Waals surface area contributed by atoms with Gasteiger partial charge in [0.25, 0.3) is 0 Å². The van der Waals surface area contributed by atoms with Gasteiger partial charge in [-0.1, -0.05) is 36.9 Å². The van der Waals surface area contributed by atoms with Gasteiger partial charge in [0.2, 0.25) is 0 Å². The van der Waals surface area contributed by atoms with E-state index in [4.69, 9.17) is 0 Å². The minimum atomic E-state index is 1.25. The van der Waals surface area contributed by atoms with Gasteiger partial charge >= 0.3 is 0 Å². The molecule has 0 fully saturated rings. The van der Waals surface area contributed by atoms with Crippen LogP contribution in [-0.2, 0) is 0 Å². The lowest BCUT2D eigenvalue weighted by molar-refractivity contribution is 1.36. The van der Waals surface area contributed by atoms with E-state index in [1.165, 1.54) is 27.8 Å². The van der Waals surface area contributed by atoms with Crippen LogP contribution in [0.3, 0.4) is 0 Å². The van der Waals surface area contributed by atoms with Crippen molar-refractivity contribution >= 4 is 17.7 Å². The number of fused-ring (bicyclic) bond motifs is 1. The van der Waals surface area contributed by atoms with E-state index in [0.29, 0.717) is 0 Å². The second kappa shape index (κ2) is 3.30. The van der Waals surface area contributed by atoms with Crippen LogP contribution in [0.25, 0.3) is 17.7 Å². The van der Waals surface area contributed by atoms with E-state index in [9.17, 15) is 0 Å². The molecule has 0 unspecified atom stereocenters. The van der Waals surface area contributed by atoms with Gasteiger partial charge in [-0.3, -0.25) is 0 Å². The number of aryl methyl sites for hydroxylation is 1. The van der Waals surface area contributed by atoms with Gasteiger partial charge in [-0.25, -0.2) is 0 Å². The molecule has 0 nitrogen and oxygen atoms in total. The fraction of sp³-hybridized carbons (Fsp3) is 0.143. The predicted molar refractivity (Wildman–Crippen MR) is 64.0 cm³/mol. The van der Waals surface area contributed by atoms with E-state index in [2.05, 4.69) is 44.7 Å². The molecule has 2 rings (SSSR count). The summed E-state index contributed by atoms with van der Waals surface area (Å²) in [5, 5.41) is 0. The van der Waals surface area contributed by atoms with Crippen LogP contribution in [0.5, 0.6) is 0 Å². The minimum Gasteiger partial charge on any atom is -0.0991 e. The Kier molecular flexibility index (Phi) is 2.12. The quantitative estimate of drug-likeness (QED) is 0.605. The topological polar surface area (TPSA) is 0 Å². The first-order valence-corrected chi connectivity index (χ1v) is 4.85. The molecule has 0 atom stereocenters. The van der Waals surface area contributed by atoms with Crippen LogP contribution < -0.4 is 0 Å². The molecular weight excluding hydrogens is 168 g/mol. The van der Waals surface area contributed by atoms with Crippen molar-refractivity contribution in [1.82, 2.24) is 0 Å². The third-order valence-electron chi connectivity index (χ3n) is 2.58. The molecule has 1 aromatic carbocycles. The Hall–Kier alpha value is -1.56. The van der Waals surface area contributed by atoms with Crippen molar-refractivity contribution in [2.75, 3.05) is 0 Å². The average molecular weight is 182 g/mol. The monoisotopic (exact) mass is 182 g/mol. The first kappa shape index (κ1) is 9.01. The molecule has 0 spiro atoms. The molecule has 0 aromatic heterocycles. The van der Waals surface area contributed by atoms with E-state index in [1.54, 1.807) is 6.08 Å². The summed E-state index contributed by atoms with van der Waals surface area (Å²) in [6, 6.07) is 4.44. The molecule has 0 radical (unpaired) electrons. The Labute approximate surface area is 85.3 Å². The largest absolute Gasteiger partial charge is 0.0991 e. The van der Waals surface area contributed by atoms with Gasteiger partial charge in [0, 0.05) is 0 Å². The van der Waals surface area contributed by atoms with E-state index in [-0.39, 0.29) is 0 Å². The molecule has 0 saturated carbocycles. The van der Waals surface area contributed by atoms with E-state index in [0.717, 1.165) is 0 Å². The average Bonchev–Trinajstić information content (AvgIpc) is 2.12. The Bertz CT molecular complexity index is 445. The van der Waals surface area contributed by atoms with E-state index >= 15 is 0 Å². The fourth-order valence-corrected chi connectivity index (χ4v) is 2.00. The lowest BCUT2D eigenvalue weighted by atomic mass is 9.85. The minimum absolute atomic E-state index is 1.25. The van der Waals surface area contributed by atoms with Crippen molar-refractivity contribution in [3.8, 4) is 0 Å². The fourth-order valence-electron chi connectivity index (χ4n) is 2.00.